The van der Waals surface area contributed by atoms with Crippen molar-refractivity contribution in [3.63, 3.8) is 0 Å². The second-order valence-corrected chi connectivity index (χ2v) is 4.56. The third-order valence-electron chi connectivity index (χ3n) is 2.92. The lowest BCUT2D eigenvalue weighted by atomic mass is 9.94. The molecule has 1 heterocycles. The highest BCUT2D eigenvalue weighted by Gasteiger charge is 2.16. The minimum Gasteiger partial charge on any atom is -0.275 e. The van der Waals surface area contributed by atoms with Gasteiger partial charge in [0.15, 0.2) is 0 Å². The first-order valence-electron chi connectivity index (χ1n) is 5.76. The molecule has 18 heavy (non-hydrogen) atoms. The van der Waals surface area contributed by atoms with Gasteiger partial charge in [-0.25, -0.2) is 4.39 Å². The van der Waals surface area contributed by atoms with E-state index in [9.17, 15) is 4.39 Å². The molecule has 1 aromatic heterocycles. The van der Waals surface area contributed by atoms with Gasteiger partial charge in [0.25, 0.3) is 0 Å². The molecule has 0 unspecified atom stereocenters. The summed E-state index contributed by atoms with van der Waals surface area (Å²) in [7, 11) is 1.79. The predicted octanol–water partition coefficient (Wildman–Crippen LogP) is 3.22. The van der Waals surface area contributed by atoms with E-state index < -0.39 is 5.82 Å². The second-order valence-electron chi connectivity index (χ2n) is 4.56. The van der Waals surface area contributed by atoms with Crippen LogP contribution in [0.15, 0.2) is 24.5 Å². The lowest BCUT2D eigenvalue weighted by Gasteiger charge is -2.10. The molecule has 0 fully saturated rings. The molecule has 0 spiro atoms. The average Bonchev–Trinajstić information content (AvgIpc) is 2.74. The molecule has 0 amide bonds. The van der Waals surface area contributed by atoms with Crippen molar-refractivity contribution >= 4 is 0 Å². The summed E-state index contributed by atoms with van der Waals surface area (Å²) in [5.74, 6) is -0.367. The van der Waals surface area contributed by atoms with Gasteiger partial charge < -0.3 is 0 Å². The largest absolute Gasteiger partial charge is 0.275 e. The molecule has 0 aliphatic carbocycles. The van der Waals surface area contributed by atoms with Gasteiger partial charge in [0.2, 0.25) is 0 Å². The molecule has 4 heteroatoms. The van der Waals surface area contributed by atoms with E-state index in [0.29, 0.717) is 11.1 Å². The first kappa shape index (κ1) is 12.3. The quantitative estimate of drug-likeness (QED) is 0.812. The van der Waals surface area contributed by atoms with E-state index in [-0.39, 0.29) is 11.5 Å². The third-order valence-corrected chi connectivity index (χ3v) is 2.92. The molecule has 2 rings (SSSR count). The van der Waals surface area contributed by atoms with E-state index in [1.807, 2.05) is 19.9 Å². The van der Waals surface area contributed by atoms with Crippen molar-refractivity contribution in [2.75, 3.05) is 0 Å². The SMILES string of the molecule is CC(C)c1ccc(-c2cnn(C)c2)c(C#N)c1F. The molecule has 0 radical (unpaired) electrons. The van der Waals surface area contributed by atoms with Gasteiger partial charge in [0, 0.05) is 24.4 Å². The Bertz CT molecular complexity index is 620. The summed E-state index contributed by atoms with van der Waals surface area (Å²) in [5.41, 5.74) is 2.00. The fourth-order valence-corrected chi connectivity index (χ4v) is 1.95. The van der Waals surface area contributed by atoms with Gasteiger partial charge in [-0.3, -0.25) is 4.68 Å². The molecule has 2 aromatic rings. The molecular weight excluding hydrogens is 229 g/mol. The maximum atomic E-state index is 14.2. The van der Waals surface area contributed by atoms with E-state index >= 15 is 0 Å². The Labute approximate surface area is 105 Å². The van der Waals surface area contributed by atoms with E-state index in [1.165, 1.54) is 0 Å². The minimum absolute atomic E-state index is 0.0556. The van der Waals surface area contributed by atoms with Crippen LogP contribution in [0.1, 0.15) is 30.9 Å². The van der Waals surface area contributed by atoms with Crippen molar-refractivity contribution in [3.8, 4) is 17.2 Å². The van der Waals surface area contributed by atoms with Crippen LogP contribution in [0.4, 0.5) is 4.39 Å². The summed E-state index contributed by atoms with van der Waals surface area (Å²) in [6.07, 6.45) is 3.40. The van der Waals surface area contributed by atoms with E-state index in [4.69, 9.17) is 5.26 Å². The zero-order chi connectivity index (χ0) is 13.3. The molecule has 0 aliphatic heterocycles. The number of halogens is 1. The summed E-state index contributed by atoms with van der Waals surface area (Å²) in [4.78, 5) is 0. The molecule has 3 nitrogen and oxygen atoms in total. The number of benzene rings is 1. The molecule has 0 saturated heterocycles. The van der Waals surface area contributed by atoms with Gasteiger partial charge >= 0.3 is 0 Å². The number of aromatic nitrogens is 2. The lowest BCUT2D eigenvalue weighted by molar-refractivity contribution is 0.595. The molecule has 0 bridgehead atoms. The average molecular weight is 243 g/mol. The third kappa shape index (κ3) is 2.00. The summed E-state index contributed by atoms with van der Waals surface area (Å²) in [6.45, 7) is 3.81. The van der Waals surface area contributed by atoms with Crippen LogP contribution in [0.5, 0.6) is 0 Å². The number of rotatable bonds is 2. The van der Waals surface area contributed by atoms with Crippen LogP contribution in [-0.2, 0) is 7.05 Å². The van der Waals surface area contributed by atoms with Crippen molar-refractivity contribution in [3.05, 3.63) is 41.5 Å². The predicted molar refractivity (Wildman–Crippen MR) is 67.4 cm³/mol. The highest BCUT2D eigenvalue weighted by Crippen LogP contribution is 2.29. The Kier molecular flexibility index (Phi) is 3.15. The number of hydrogen-bond acceptors (Lipinski definition) is 2. The Morgan fingerprint density at radius 2 is 2.11 bits per heavy atom. The van der Waals surface area contributed by atoms with Gasteiger partial charge in [-0.2, -0.15) is 10.4 Å². The fraction of sp³-hybridized carbons (Fsp3) is 0.286. The summed E-state index contributed by atoms with van der Waals surface area (Å²) < 4.78 is 15.9. The first-order chi connectivity index (χ1) is 8.54. The molecule has 0 N–H and O–H groups in total. The molecule has 92 valence electrons. The van der Waals surface area contributed by atoms with Crippen molar-refractivity contribution in [2.45, 2.75) is 19.8 Å². The number of aryl methyl sites for hydroxylation is 1. The summed E-state index contributed by atoms with van der Waals surface area (Å²) >= 11 is 0. The summed E-state index contributed by atoms with van der Waals surface area (Å²) in [6, 6.07) is 5.48. The van der Waals surface area contributed by atoms with Gasteiger partial charge in [-0.05, 0) is 11.5 Å². The highest BCUT2D eigenvalue weighted by atomic mass is 19.1. The zero-order valence-corrected chi connectivity index (χ0v) is 10.6. The van der Waals surface area contributed by atoms with E-state index in [2.05, 4.69) is 5.10 Å². The normalized spacial score (nSPS) is 10.7. The van der Waals surface area contributed by atoms with Gasteiger partial charge in [-0.1, -0.05) is 26.0 Å². The second kappa shape index (κ2) is 4.61. The lowest BCUT2D eigenvalue weighted by Crippen LogP contribution is -1.98. The van der Waals surface area contributed by atoms with Gasteiger partial charge in [-0.15, -0.1) is 0 Å². The van der Waals surface area contributed by atoms with Crippen molar-refractivity contribution in [1.29, 1.82) is 5.26 Å². The first-order valence-corrected chi connectivity index (χ1v) is 5.76. The molecule has 1 aromatic carbocycles. The maximum absolute atomic E-state index is 14.2. The van der Waals surface area contributed by atoms with Gasteiger partial charge in [0.1, 0.15) is 11.9 Å². The Balaban J connectivity index is 2.64. The molecule has 0 atom stereocenters. The topological polar surface area (TPSA) is 41.6 Å². The number of hydrogen-bond donors (Lipinski definition) is 0. The standard InChI is InChI=1S/C14H14FN3/c1-9(2)11-4-5-12(13(6-16)14(11)15)10-7-17-18(3)8-10/h4-5,7-9H,1-3H3. The number of nitriles is 1. The minimum atomic E-state index is -0.422. The van der Waals surface area contributed by atoms with Gasteiger partial charge in [0.05, 0.1) is 11.8 Å². The molecule has 0 aliphatic rings. The highest BCUT2D eigenvalue weighted by molar-refractivity contribution is 5.70. The van der Waals surface area contributed by atoms with Crippen molar-refractivity contribution in [1.82, 2.24) is 9.78 Å². The fourth-order valence-electron chi connectivity index (χ4n) is 1.95. The summed E-state index contributed by atoms with van der Waals surface area (Å²) in [5, 5.41) is 13.2. The van der Waals surface area contributed by atoms with Crippen molar-refractivity contribution < 1.29 is 4.39 Å². The van der Waals surface area contributed by atoms with Crippen LogP contribution in [-0.4, -0.2) is 9.78 Å². The Morgan fingerprint density at radius 1 is 1.39 bits per heavy atom. The van der Waals surface area contributed by atoms with Crippen LogP contribution < -0.4 is 0 Å². The van der Waals surface area contributed by atoms with Crippen LogP contribution in [0.3, 0.4) is 0 Å². The van der Waals surface area contributed by atoms with E-state index in [0.717, 1.165) is 5.56 Å². The smallest absolute Gasteiger partial charge is 0.145 e. The maximum Gasteiger partial charge on any atom is 0.145 e. The number of nitrogens with zero attached hydrogens (tertiary/aromatic N) is 3. The van der Waals surface area contributed by atoms with Crippen LogP contribution in [0.25, 0.3) is 11.1 Å². The van der Waals surface area contributed by atoms with Crippen LogP contribution in [0, 0.1) is 17.1 Å². The van der Waals surface area contributed by atoms with Crippen LogP contribution in [0.2, 0.25) is 0 Å². The molecule has 0 saturated carbocycles. The van der Waals surface area contributed by atoms with E-state index in [1.54, 1.807) is 36.3 Å². The molecular formula is C14H14FN3. The zero-order valence-electron chi connectivity index (χ0n) is 10.6. The van der Waals surface area contributed by atoms with Crippen LogP contribution >= 0.6 is 0 Å². The van der Waals surface area contributed by atoms with Crippen molar-refractivity contribution in [2.24, 2.45) is 7.05 Å². The Hall–Kier alpha value is -2.15. The Morgan fingerprint density at radius 3 is 2.61 bits per heavy atom. The monoisotopic (exact) mass is 243 g/mol.